The molecule has 3 aromatic rings. The fraction of sp³-hybridized carbons (Fsp3) is 0.457. The molecule has 2 N–H and O–H groups in total. The maximum atomic E-state index is 14.4. The second-order valence-electron chi connectivity index (χ2n) is 15.1. The van der Waals surface area contributed by atoms with E-state index in [4.69, 9.17) is 24.2 Å². The van der Waals surface area contributed by atoms with Crippen LogP contribution in [0.25, 0.3) is 0 Å². The van der Waals surface area contributed by atoms with Crippen molar-refractivity contribution in [3.8, 4) is 23.3 Å². The number of rotatable bonds is 17. The lowest BCUT2D eigenvalue weighted by molar-refractivity contribution is -0.252. The van der Waals surface area contributed by atoms with Gasteiger partial charge in [0.1, 0.15) is 29.9 Å². The molecule has 0 radical (unpaired) electrons. The SMILES string of the molecule is C=CCO[C@@]12Oc3ccc(Oc4ccc(C)c(C)c4)cc3[C@H]3[C@H](CCCCO)[C@@H](CCCCO)C=C(C(=NOCC)C[C@@H]1N(C)C(=O)c1ccc(C#N)cc1)[C@H]32. The number of carbonyl (C=O) groups is 1. The van der Waals surface area contributed by atoms with Crippen molar-refractivity contribution in [2.24, 2.45) is 22.9 Å². The molecule has 10 nitrogen and oxygen atoms in total. The van der Waals surface area contributed by atoms with Gasteiger partial charge >= 0.3 is 0 Å². The molecular formula is C46H55N3O7. The molecule has 296 valence electrons. The third-order valence-corrected chi connectivity index (χ3v) is 11.7. The Morgan fingerprint density at radius 3 is 2.41 bits per heavy atom. The van der Waals surface area contributed by atoms with Crippen LogP contribution in [0.2, 0.25) is 0 Å². The van der Waals surface area contributed by atoms with Gasteiger partial charge in [-0.15, -0.1) is 6.58 Å². The Kier molecular flexibility index (Phi) is 13.3. The number of amides is 1. The molecule has 1 aliphatic heterocycles. The number of aliphatic hydroxyl groups is 2. The van der Waals surface area contributed by atoms with Crippen LogP contribution in [0.5, 0.6) is 17.2 Å². The molecule has 0 saturated heterocycles. The smallest absolute Gasteiger partial charge is 0.254 e. The number of oxime groups is 1. The topological polar surface area (TPSA) is 134 Å². The number of benzene rings is 3. The van der Waals surface area contributed by atoms with Crippen LogP contribution in [0.4, 0.5) is 0 Å². The number of hydrogen-bond donors (Lipinski definition) is 2. The molecular weight excluding hydrogens is 707 g/mol. The molecule has 6 atom stereocenters. The number of fused-ring (bicyclic) bond motifs is 2. The van der Waals surface area contributed by atoms with Gasteiger partial charge in [-0.2, -0.15) is 5.26 Å². The van der Waals surface area contributed by atoms with Crippen LogP contribution in [0.3, 0.4) is 0 Å². The fourth-order valence-electron chi connectivity index (χ4n) is 8.88. The number of aryl methyl sites for hydroxylation is 2. The first-order chi connectivity index (χ1) is 27.2. The molecule has 1 saturated carbocycles. The van der Waals surface area contributed by atoms with Gasteiger partial charge < -0.3 is 34.2 Å². The number of carbonyl (C=O) groups excluding carboxylic acids is 1. The van der Waals surface area contributed by atoms with Crippen LogP contribution in [-0.2, 0) is 9.57 Å². The maximum absolute atomic E-state index is 14.4. The Morgan fingerprint density at radius 2 is 1.73 bits per heavy atom. The van der Waals surface area contributed by atoms with E-state index in [0.717, 1.165) is 53.8 Å². The lowest BCUT2D eigenvalue weighted by atomic mass is 9.55. The van der Waals surface area contributed by atoms with E-state index in [0.29, 0.717) is 48.5 Å². The second kappa shape index (κ2) is 18.3. The first kappa shape index (κ1) is 40.7. The largest absolute Gasteiger partial charge is 0.459 e. The summed E-state index contributed by atoms with van der Waals surface area (Å²) in [5, 5.41) is 33.8. The summed E-state index contributed by atoms with van der Waals surface area (Å²) in [6.07, 6.45) is 9.05. The molecule has 1 amide bonds. The molecule has 10 heteroatoms. The van der Waals surface area contributed by atoms with E-state index in [1.807, 2.05) is 31.2 Å². The monoisotopic (exact) mass is 761 g/mol. The highest BCUT2D eigenvalue weighted by Crippen LogP contribution is 2.62. The van der Waals surface area contributed by atoms with E-state index < -0.39 is 17.7 Å². The highest BCUT2D eigenvalue weighted by molar-refractivity contribution is 6.03. The first-order valence-electron chi connectivity index (χ1n) is 19.9. The average molecular weight is 762 g/mol. The van der Waals surface area contributed by atoms with E-state index in [2.05, 4.69) is 44.7 Å². The van der Waals surface area contributed by atoms with Crippen LogP contribution in [-0.4, -0.2) is 72.0 Å². The Morgan fingerprint density at radius 1 is 1.02 bits per heavy atom. The summed E-state index contributed by atoms with van der Waals surface area (Å²) in [7, 11) is 1.77. The van der Waals surface area contributed by atoms with E-state index in [9.17, 15) is 20.3 Å². The lowest BCUT2D eigenvalue weighted by Gasteiger charge is -2.59. The number of hydrogen-bond acceptors (Lipinski definition) is 9. The third kappa shape index (κ3) is 8.27. The van der Waals surface area contributed by atoms with Crippen molar-refractivity contribution in [2.45, 2.75) is 83.5 Å². The highest BCUT2D eigenvalue weighted by Gasteiger charge is 2.65. The fourth-order valence-corrected chi connectivity index (χ4v) is 8.88. The van der Waals surface area contributed by atoms with Crippen molar-refractivity contribution in [3.63, 3.8) is 0 Å². The van der Waals surface area contributed by atoms with Crippen LogP contribution >= 0.6 is 0 Å². The van der Waals surface area contributed by atoms with Gasteiger partial charge in [0.05, 0.1) is 29.9 Å². The van der Waals surface area contributed by atoms with Crippen molar-refractivity contribution in [1.29, 1.82) is 5.26 Å². The second-order valence-corrected chi connectivity index (χ2v) is 15.1. The van der Waals surface area contributed by atoms with Gasteiger partial charge in [0, 0.05) is 43.7 Å². The van der Waals surface area contributed by atoms with Gasteiger partial charge in [-0.1, -0.05) is 36.2 Å². The van der Waals surface area contributed by atoms with Gasteiger partial charge in [0.2, 0.25) is 5.79 Å². The predicted molar refractivity (Wildman–Crippen MR) is 216 cm³/mol. The van der Waals surface area contributed by atoms with E-state index in [-0.39, 0.29) is 43.5 Å². The van der Waals surface area contributed by atoms with Crippen molar-refractivity contribution < 1.29 is 34.1 Å². The molecule has 0 spiro atoms. The highest BCUT2D eigenvalue weighted by atomic mass is 16.7. The van der Waals surface area contributed by atoms with E-state index in [1.54, 1.807) is 42.3 Å². The summed E-state index contributed by atoms with van der Waals surface area (Å²) in [5.74, 6) is 0.0849. The quantitative estimate of drug-likeness (QED) is 0.0796. The molecule has 6 rings (SSSR count). The van der Waals surface area contributed by atoms with E-state index in [1.165, 1.54) is 5.56 Å². The minimum Gasteiger partial charge on any atom is -0.459 e. The van der Waals surface area contributed by atoms with Gasteiger partial charge in [-0.25, -0.2) is 0 Å². The Labute approximate surface area is 331 Å². The Balaban J connectivity index is 1.56. The number of nitriles is 1. The molecule has 0 unspecified atom stereocenters. The van der Waals surface area contributed by atoms with Crippen LogP contribution in [0, 0.1) is 42.9 Å². The van der Waals surface area contributed by atoms with Crippen LogP contribution in [0.1, 0.15) is 90.4 Å². The summed E-state index contributed by atoms with van der Waals surface area (Å²) < 4.78 is 20.7. The zero-order valence-corrected chi connectivity index (χ0v) is 33.1. The molecule has 56 heavy (non-hydrogen) atoms. The summed E-state index contributed by atoms with van der Waals surface area (Å²) >= 11 is 0. The first-order valence-corrected chi connectivity index (χ1v) is 19.9. The number of aliphatic hydroxyl groups excluding tert-OH is 2. The number of likely N-dealkylation sites (N-methyl/N-ethyl adjacent to an activating group) is 1. The summed E-state index contributed by atoms with van der Waals surface area (Å²) in [5.41, 5.74) is 5.92. The minimum atomic E-state index is -1.36. The lowest BCUT2D eigenvalue weighted by Crippen LogP contribution is -2.69. The van der Waals surface area contributed by atoms with E-state index >= 15 is 0 Å². The van der Waals surface area contributed by atoms with Crippen molar-refractivity contribution in [3.05, 3.63) is 113 Å². The molecule has 1 heterocycles. The third-order valence-electron chi connectivity index (χ3n) is 11.7. The predicted octanol–water partition coefficient (Wildman–Crippen LogP) is 8.39. The Hall–Kier alpha value is -4.95. The molecule has 2 aliphatic carbocycles. The Bertz CT molecular complexity index is 1970. The van der Waals surface area contributed by atoms with Gasteiger partial charge in [-0.05, 0) is 130 Å². The number of nitrogens with zero attached hydrogens (tertiary/aromatic N) is 3. The van der Waals surface area contributed by atoms with Crippen molar-refractivity contribution >= 4 is 11.6 Å². The molecule has 3 aromatic carbocycles. The van der Waals surface area contributed by atoms with Gasteiger partial charge in [-0.3, -0.25) is 4.79 Å². The van der Waals surface area contributed by atoms with Gasteiger partial charge in [0.15, 0.2) is 0 Å². The summed E-state index contributed by atoms with van der Waals surface area (Å²) in [4.78, 5) is 21.9. The molecule has 0 aromatic heterocycles. The molecule has 1 fully saturated rings. The zero-order chi connectivity index (χ0) is 39.8. The van der Waals surface area contributed by atoms with Crippen LogP contribution < -0.4 is 9.47 Å². The number of unbranched alkanes of at least 4 members (excludes halogenated alkanes) is 2. The number of allylic oxidation sites excluding steroid dienone is 1. The van der Waals surface area contributed by atoms with Crippen LogP contribution in [0.15, 0.2) is 90.1 Å². The van der Waals surface area contributed by atoms with Crippen molar-refractivity contribution in [2.75, 3.05) is 33.5 Å². The summed E-state index contributed by atoms with van der Waals surface area (Å²) in [6, 6.07) is 20.1. The molecule has 3 aliphatic rings. The standard InChI is InChI=1S/C46H55N3O7/c1-6-24-53-46-42(49(5)45(52)33-17-15-32(29-47)16-18-33)28-40(48-54-7-2)38-26-34(12-8-10-22-50)37(13-9-11-23-51)43(44(38)46)39-27-36(20-21-41(39)56-46)55-35-19-14-30(3)31(4)25-35/h6,14-21,25-27,34,37,42-44,50-51H,1,7-13,22-24,28H2,2-5H3/t34-,37+,42-,43+,44+,46+/m0/s1. The maximum Gasteiger partial charge on any atom is 0.254 e. The minimum absolute atomic E-state index is 0.0897. The molecule has 0 bridgehead atoms. The van der Waals surface area contributed by atoms with Gasteiger partial charge in [0.25, 0.3) is 5.91 Å². The number of ether oxygens (including phenoxy) is 3. The van der Waals surface area contributed by atoms with Crippen molar-refractivity contribution in [1.82, 2.24) is 4.90 Å². The zero-order valence-electron chi connectivity index (χ0n) is 33.1. The summed E-state index contributed by atoms with van der Waals surface area (Å²) in [6.45, 7) is 10.8. The normalized spacial score (nSPS) is 24.2. The average Bonchev–Trinajstić information content (AvgIpc) is 3.21.